The monoisotopic (exact) mass is 392 g/mol. The van der Waals surface area contributed by atoms with Gasteiger partial charge in [-0.1, -0.05) is 30.3 Å². The van der Waals surface area contributed by atoms with E-state index < -0.39 is 24.1 Å². The molecule has 8 nitrogen and oxygen atoms in total. The van der Waals surface area contributed by atoms with Crippen LogP contribution in [0.5, 0.6) is 0 Å². The molecule has 0 bridgehead atoms. The van der Waals surface area contributed by atoms with Crippen molar-refractivity contribution in [2.24, 2.45) is 0 Å². The molecule has 0 aliphatic carbocycles. The highest BCUT2D eigenvalue weighted by molar-refractivity contribution is 5.99. The van der Waals surface area contributed by atoms with Crippen molar-refractivity contribution in [2.45, 2.75) is 45.4 Å². The zero-order chi connectivity index (χ0) is 20.4. The van der Waals surface area contributed by atoms with Crippen LogP contribution >= 0.6 is 0 Å². The minimum Gasteiger partial charge on any atom is -0.464 e. The number of benzene rings is 1. The Labute approximate surface area is 165 Å². The van der Waals surface area contributed by atoms with Gasteiger partial charge in [0.1, 0.15) is 6.61 Å². The van der Waals surface area contributed by atoms with Crippen molar-refractivity contribution in [1.82, 2.24) is 10.2 Å². The highest BCUT2D eigenvalue weighted by Crippen LogP contribution is 2.21. The number of likely N-dealkylation sites (tertiary alicyclic amines) is 1. The number of nitrogens with zero attached hydrogens (tertiary/aromatic N) is 1. The molecular weight excluding hydrogens is 364 g/mol. The van der Waals surface area contributed by atoms with Gasteiger partial charge in [0.15, 0.2) is 0 Å². The maximum atomic E-state index is 12.3. The van der Waals surface area contributed by atoms with Gasteiger partial charge < -0.3 is 19.5 Å². The number of carbonyl (C=O) groups excluding carboxylic acids is 3. The lowest BCUT2D eigenvalue weighted by molar-refractivity contribution is -0.164. The molecule has 0 spiro atoms. The lowest BCUT2D eigenvalue weighted by Gasteiger charge is -2.29. The first kappa shape index (κ1) is 21.7. The molecule has 1 amide bonds. The van der Waals surface area contributed by atoms with Gasteiger partial charge in [0.05, 0.1) is 13.2 Å². The number of carbonyl (C=O) groups is 3. The zero-order valence-electron chi connectivity index (χ0n) is 16.4. The first-order valence-corrected chi connectivity index (χ1v) is 9.60. The van der Waals surface area contributed by atoms with Crippen LogP contribution in [0.4, 0.5) is 4.79 Å². The highest BCUT2D eigenvalue weighted by atomic mass is 16.6. The van der Waals surface area contributed by atoms with Gasteiger partial charge in [0.25, 0.3) is 0 Å². The molecule has 1 atom stereocenters. The van der Waals surface area contributed by atoms with Gasteiger partial charge in [-0.05, 0) is 38.8 Å². The summed E-state index contributed by atoms with van der Waals surface area (Å²) in [6.45, 7) is 4.72. The SMILES string of the molecule is CCOC(=O)C(C(=O)OCC)N1CCC[C@H]1CNC(=O)OCc1ccccc1. The second-order valence-corrected chi connectivity index (χ2v) is 6.38. The van der Waals surface area contributed by atoms with E-state index in [2.05, 4.69) is 5.32 Å². The molecule has 1 aliphatic heterocycles. The normalized spacial score (nSPS) is 16.6. The van der Waals surface area contributed by atoms with Crippen molar-refractivity contribution >= 4 is 18.0 Å². The summed E-state index contributed by atoms with van der Waals surface area (Å²) in [5.41, 5.74) is 0.893. The Morgan fingerprint density at radius 2 is 1.71 bits per heavy atom. The molecule has 1 heterocycles. The average molecular weight is 392 g/mol. The van der Waals surface area contributed by atoms with Crippen LogP contribution in [-0.4, -0.2) is 61.3 Å². The fourth-order valence-electron chi connectivity index (χ4n) is 3.20. The Kier molecular flexibility index (Phi) is 8.74. The van der Waals surface area contributed by atoms with E-state index in [1.165, 1.54) is 0 Å². The summed E-state index contributed by atoms with van der Waals surface area (Å²) >= 11 is 0. The second kappa shape index (κ2) is 11.3. The van der Waals surface area contributed by atoms with E-state index in [9.17, 15) is 14.4 Å². The van der Waals surface area contributed by atoms with Crippen LogP contribution in [0.25, 0.3) is 0 Å². The largest absolute Gasteiger partial charge is 0.464 e. The number of amides is 1. The van der Waals surface area contributed by atoms with Gasteiger partial charge in [-0.2, -0.15) is 0 Å². The highest BCUT2D eigenvalue weighted by Gasteiger charge is 2.41. The molecule has 8 heteroatoms. The Hall–Kier alpha value is -2.61. The minimum atomic E-state index is -1.12. The average Bonchev–Trinajstić information content (AvgIpc) is 3.14. The molecule has 1 aromatic rings. The van der Waals surface area contributed by atoms with Gasteiger partial charge in [0, 0.05) is 12.6 Å². The van der Waals surface area contributed by atoms with E-state index in [1.54, 1.807) is 18.7 Å². The molecule has 0 saturated carbocycles. The molecular formula is C20H28N2O6. The predicted molar refractivity (Wildman–Crippen MR) is 101 cm³/mol. The lowest BCUT2D eigenvalue weighted by Crippen LogP contribution is -2.53. The van der Waals surface area contributed by atoms with Crippen molar-refractivity contribution in [1.29, 1.82) is 0 Å². The van der Waals surface area contributed by atoms with E-state index in [-0.39, 0.29) is 32.4 Å². The van der Waals surface area contributed by atoms with E-state index >= 15 is 0 Å². The van der Waals surface area contributed by atoms with E-state index in [4.69, 9.17) is 14.2 Å². The summed E-state index contributed by atoms with van der Waals surface area (Å²) in [5, 5.41) is 2.71. The smallest absolute Gasteiger partial charge is 0.407 e. The van der Waals surface area contributed by atoms with Crippen LogP contribution in [0.3, 0.4) is 0 Å². The van der Waals surface area contributed by atoms with Crippen molar-refractivity contribution in [2.75, 3.05) is 26.3 Å². The standard InChI is InChI=1S/C20H28N2O6/c1-3-26-18(23)17(19(24)27-4-2)22-12-8-11-16(22)13-21-20(25)28-14-15-9-6-5-7-10-15/h5-7,9-10,16-17H,3-4,8,11-14H2,1-2H3,(H,21,25)/t16-/m0/s1. The summed E-state index contributed by atoms with van der Waals surface area (Å²) in [6.07, 6.45) is 1.01. The number of nitrogens with one attached hydrogen (secondary N) is 1. The third kappa shape index (κ3) is 6.23. The number of hydrogen-bond acceptors (Lipinski definition) is 7. The summed E-state index contributed by atoms with van der Waals surface area (Å²) in [6, 6.07) is 8.08. The van der Waals surface area contributed by atoms with Gasteiger partial charge in [-0.25, -0.2) is 14.4 Å². The van der Waals surface area contributed by atoms with Crippen molar-refractivity contribution in [3.05, 3.63) is 35.9 Å². The molecule has 28 heavy (non-hydrogen) atoms. The number of hydrogen-bond donors (Lipinski definition) is 1. The van der Waals surface area contributed by atoms with Crippen molar-refractivity contribution in [3.8, 4) is 0 Å². The van der Waals surface area contributed by atoms with Crippen LogP contribution in [0.2, 0.25) is 0 Å². The van der Waals surface area contributed by atoms with Gasteiger partial charge >= 0.3 is 18.0 Å². The molecule has 0 radical (unpaired) electrons. The van der Waals surface area contributed by atoms with Crippen molar-refractivity contribution in [3.63, 3.8) is 0 Å². The maximum Gasteiger partial charge on any atom is 0.407 e. The first-order chi connectivity index (χ1) is 13.6. The Bertz CT molecular complexity index is 633. The number of rotatable bonds is 9. The Morgan fingerprint density at radius 3 is 2.32 bits per heavy atom. The molecule has 154 valence electrons. The maximum absolute atomic E-state index is 12.3. The fourth-order valence-corrected chi connectivity index (χ4v) is 3.20. The summed E-state index contributed by atoms with van der Waals surface area (Å²) < 4.78 is 15.3. The number of esters is 2. The molecule has 2 rings (SSSR count). The van der Waals surface area contributed by atoms with E-state index in [1.807, 2.05) is 30.3 Å². The van der Waals surface area contributed by atoms with Crippen LogP contribution in [0.1, 0.15) is 32.3 Å². The van der Waals surface area contributed by atoms with E-state index in [0.29, 0.717) is 6.54 Å². The topological polar surface area (TPSA) is 94.2 Å². The molecule has 1 N–H and O–H groups in total. The summed E-state index contributed by atoms with van der Waals surface area (Å²) in [4.78, 5) is 38.4. The molecule has 1 saturated heterocycles. The zero-order valence-corrected chi connectivity index (χ0v) is 16.4. The molecule has 0 unspecified atom stereocenters. The molecule has 0 aromatic heterocycles. The lowest BCUT2D eigenvalue weighted by atomic mass is 10.1. The van der Waals surface area contributed by atoms with Crippen LogP contribution < -0.4 is 5.32 Å². The van der Waals surface area contributed by atoms with Crippen molar-refractivity contribution < 1.29 is 28.6 Å². The predicted octanol–water partition coefficient (Wildman–Crippen LogP) is 1.87. The van der Waals surface area contributed by atoms with E-state index in [0.717, 1.165) is 18.4 Å². The minimum absolute atomic E-state index is 0.176. The summed E-state index contributed by atoms with van der Waals surface area (Å²) in [7, 11) is 0. The molecule has 1 fully saturated rings. The second-order valence-electron chi connectivity index (χ2n) is 6.38. The van der Waals surface area contributed by atoms with Gasteiger partial charge in [-0.15, -0.1) is 0 Å². The third-order valence-electron chi connectivity index (χ3n) is 4.47. The number of alkyl carbamates (subject to hydrolysis) is 1. The Balaban J connectivity index is 1.91. The Morgan fingerprint density at radius 1 is 1.07 bits per heavy atom. The van der Waals surface area contributed by atoms with Gasteiger partial charge in [-0.3, -0.25) is 4.90 Å². The molecule has 1 aromatic carbocycles. The van der Waals surface area contributed by atoms with Crippen LogP contribution in [-0.2, 0) is 30.4 Å². The fraction of sp³-hybridized carbons (Fsp3) is 0.550. The van der Waals surface area contributed by atoms with Gasteiger partial charge in [0.2, 0.25) is 6.04 Å². The summed E-state index contributed by atoms with van der Waals surface area (Å²) in [5.74, 6) is -1.25. The number of ether oxygens (including phenoxy) is 3. The van der Waals surface area contributed by atoms with Crippen LogP contribution in [0, 0.1) is 0 Å². The quantitative estimate of drug-likeness (QED) is 0.389. The molecule has 1 aliphatic rings. The third-order valence-corrected chi connectivity index (χ3v) is 4.47. The first-order valence-electron chi connectivity index (χ1n) is 9.60. The van der Waals surface area contributed by atoms with Crippen LogP contribution in [0.15, 0.2) is 30.3 Å².